The predicted molar refractivity (Wildman–Crippen MR) is 165 cm³/mol. The number of carbonyl (C=O) groups is 1. The molecule has 12 heteroatoms. The van der Waals surface area contributed by atoms with Crippen molar-refractivity contribution in [1.82, 2.24) is 23.9 Å². The highest BCUT2D eigenvalue weighted by molar-refractivity contribution is 7.89. The molecule has 0 bridgehead atoms. The van der Waals surface area contributed by atoms with E-state index in [1.54, 1.807) is 33.0 Å². The van der Waals surface area contributed by atoms with E-state index in [0.29, 0.717) is 11.5 Å². The van der Waals surface area contributed by atoms with Gasteiger partial charge in [0.15, 0.2) is 11.2 Å². The molecule has 1 aromatic carbocycles. The molecule has 1 N–H and O–H groups in total. The Morgan fingerprint density at radius 1 is 1.13 bits per heavy atom. The van der Waals surface area contributed by atoms with Gasteiger partial charge in [-0.1, -0.05) is 18.2 Å². The first-order valence-corrected chi connectivity index (χ1v) is 16.7. The highest BCUT2D eigenvalue weighted by Gasteiger charge is 2.50. The van der Waals surface area contributed by atoms with Crippen LogP contribution in [0.4, 0.5) is 0 Å². The number of carboxylic acid groups (broad SMARTS) is 1. The highest BCUT2D eigenvalue weighted by Crippen LogP contribution is 2.45. The molecule has 2 aliphatic heterocycles. The number of nitrogens with zero attached hydrogens (tertiary/aromatic N) is 5. The molecular weight excluding hydrogens is 594 g/mol. The summed E-state index contributed by atoms with van der Waals surface area (Å²) in [6.45, 7) is 9.85. The molecule has 1 saturated carbocycles. The number of aryl methyl sites for hydroxylation is 3. The van der Waals surface area contributed by atoms with Crippen LogP contribution in [-0.4, -0.2) is 68.7 Å². The Morgan fingerprint density at radius 2 is 1.89 bits per heavy atom. The summed E-state index contributed by atoms with van der Waals surface area (Å²) in [5.74, 6) is -0.0508. The lowest BCUT2D eigenvalue weighted by Crippen LogP contribution is -2.60. The summed E-state index contributed by atoms with van der Waals surface area (Å²) >= 11 is 0. The number of hydrogen-bond donors (Lipinski definition) is 1. The van der Waals surface area contributed by atoms with Crippen molar-refractivity contribution in [2.45, 2.75) is 76.3 Å². The Labute approximate surface area is 262 Å². The molecule has 11 nitrogen and oxygen atoms in total. The number of aliphatic carboxylic acids is 1. The minimum atomic E-state index is -3.98. The van der Waals surface area contributed by atoms with Crippen LogP contribution in [0.1, 0.15) is 77.7 Å². The lowest BCUT2D eigenvalue weighted by molar-refractivity contribution is -0.166. The van der Waals surface area contributed by atoms with E-state index in [1.807, 2.05) is 48.7 Å². The van der Waals surface area contributed by atoms with Gasteiger partial charge in [0, 0.05) is 30.8 Å². The van der Waals surface area contributed by atoms with Gasteiger partial charge in [0.1, 0.15) is 10.7 Å². The zero-order valence-electron chi connectivity index (χ0n) is 26.1. The summed E-state index contributed by atoms with van der Waals surface area (Å²) in [6.07, 6.45) is 5.73. The number of sulfonamides is 1. The van der Waals surface area contributed by atoms with Gasteiger partial charge in [-0.2, -0.15) is 4.31 Å². The molecular formula is C33H37N5O6S. The van der Waals surface area contributed by atoms with Crippen LogP contribution in [0.25, 0.3) is 5.65 Å². The molecule has 236 valence electrons. The van der Waals surface area contributed by atoms with Crippen molar-refractivity contribution in [3.63, 3.8) is 0 Å². The molecule has 5 heterocycles. The van der Waals surface area contributed by atoms with Crippen molar-refractivity contribution < 1.29 is 27.8 Å². The SMILES string of the molecule is Cc1cnc2c(c1)S(=O)(=O)N(Cc1cc([C@@H](c3ccn4c(C5CC5)nnc4c3C)C(C)(C)C(=O)O)ccc1C)CC1(COC1)O2. The molecule has 4 aromatic rings. The van der Waals surface area contributed by atoms with Gasteiger partial charge in [0.05, 0.1) is 25.2 Å². The van der Waals surface area contributed by atoms with E-state index in [9.17, 15) is 18.3 Å². The molecule has 7 rings (SSSR count). The third kappa shape index (κ3) is 4.90. The maximum Gasteiger partial charge on any atom is 0.310 e. The first kappa shape index (κ1) is 29.8. The molecule has 1 spiro atoms. The summed E-state index contributed by atoms with van der Waals surface area (Å²) < 4.78 is 43.3. The molecule has 3 aliphatic rings. The smallest absolute Gasteiger partial charge is 0.310 e. The monoisotopic (exact) mass is 631 g/mol. The molecule has 0 unspecified atom stereocenters. The number of rotatable bonds is 7. The molecule has 3 aromatic heterocycles. The van der Waals surface area contributed by atoms with Gasteiger partial charge in [0.2, 0.25) is 15.9 Å². The Bertz CT molecular complexity index is 1960. The maximum absolute atomic E-state index is 14.1. The van der Waals surface area contributed by atoms with Crippen molar-refractivity contribution in [2.75, 3.05) is 19.8 Å². The summed E-state index contributed by atoms with van der Waals surface area (Å²) in [6, 6.07) is 9.41. The van der Waals surface area contributed by atoms with Crippen molar-refractivity contribution >= 4 is 21.6 Å². The number of pyridine rings is 2. The summed E-state index contributed by atoms with van der Waals surface area (Å²) in [5, 5.41) is 19.4. The zero-order valence-corrected chi connectivity index (χ0v) is 26.9. The Balaban J connectivity index is 1.32. The van der Waals surface area contributed by atoms with Gasteiger partial charge in [-0.3, -0.25) is 9.20 Å². The zero-order chi connectivity index (χ0) is 31.9. The number of ether oxygens (including phenoxy) is 2. The van der Waals surface area contributed by atoms with Crippen LogP contribution in [0.5, 0.6) is 5.88 Å². The molecule has 2 fully saturated rings. The Kier molecular flexibility index (Phi) is 6.84. The molecule has 1 saturated heterocycles. The fourth-order valence-electron chi connectivity index (χ4n) is 6.58. The van der Waals surface area contributed by atoms with E-state index in [4.69, 9.17) is 9.47 Å². The Morgan fingerprint density at radius 3 is 2.56 bits per heavy atom. The number of carboxylic acids is 1. The first-order valence-electron chi connectivity index (χ1n) is 15.2. The van der Waals surface area contributed by atoms with Crippen molar-refractivity contribution in [3.8, 4) is 5.88 Å². The van der Waals surface area contributed by atoms with Crippen LogP contribution < -0.4 is 4.74 Å². The largest absolute Gasteiger partial charge is 0.481 e. The average Bonchev–Trinajstić information content (AvgIpc) is 3.73. The van der Waals surface area contributed by atoms with Crippen molar-refractivity contribution in [2.24, 2.45) is 5.41 Å². The summed E-state index contributed by atoms with van der Waals surface area (Å²) in [5.41, 5.74) is 3.57. The topological polar surface area (TPSA) is 136 Å². The van der Waals surface area contributed by atoms with Gasteiger partial charge in [0.25, 0.3) is 0 Å². The van der Waals surface area contributed by atoms with Crippen LogP contribution in [-0.2, 0) is 26.1 Å². The minimum Gasteiger partial charge on any atom is -0.481 e. The lowest BCUT2D eigenvalue weighted by atomic mass is 9.70. The normalized spacial score (nSPS) is 19.8. The molecule has 0 radical (unpaired) electrons. The van der Waals surface area contributed by atoms with Gasteiger partial charge >= 0.3 is 5.97 Å². The number of benzene rings is 1. The lowest BCUT2D eigenvalue weighted by Gasteiger charge is -2.41. The maximum atomic E-state index is 14.1. The van der Waals surface area contributed by atoms with Crippen LogP contribution in [0.3, 0.4) is 0 Å². The second-order valence-corrected chi connectivity index (χ2v) is 15.3. The van der Waals surface area contributed by atoms with Crippen LogP contribution in [0, 0.1) is 26.2 Å². The van der Waals surface area contributed by atoms with Crippen LogP contribution in [0.15, 0.2) is 47.6 Å². The van der Waals surface area contributed by atoms with E-state index >= 15 is 0 Å². The van der Waals surface area contributed by atoms with Crippen molar-refractivity contribution in [1.29, 1.82) is 0 Å². The van der Waals surface area contributed by atoms with Crippen LogP contribution in [0.2, 0.25) is 0 Å². The van der Waals surface area contributed by atoms with E-state index in [-0.39, 0.29) is 37.1 Å². The summed E-state index contributed by atoms with van der Waals surface area (Å²) in [4.78, 5) is 17.1. The van der Waals surface area contributed by atoms with E-state index in [2.05, 4.69) is 15.2 Å². The second kappa shape index (κ2) is 10.3. The van der Waals surface area contributed by atoms with Gasteiger partial charge in [-0.05, 0) is 93.0 Å². The third-order valence-corrected chi connectivity index (χ3v) is 11.3. The van der Waals surface area contributed by atoms with E-state index in [0.717, 1.165) is 52.1 Å². The van der Waals surface area contributed by atoms with Crippen LogP contribution >= 0.6 is 0 Å². The fourth-order valence-corrected chi connectivity index (χ4v) is 8.22. The molecule has 0 amide bonds. The fraction of sp³-hybridized carbons (Fsp3) is 0.455. The quantitative estimate of drug-likeness (QED) is 0.312. The third-order valence-electron chi connectivity index (χ3n) is 9.55. The van der Waals surface area contributed by atoms with Gasteiger partial charge < -0.3 is 14.6 Å². The second-order valence-electron chi connectivity index (χ2n) is 13.4. The first-order chi connectivity index (χ1) is 21.3. The Hall–Kier alpha value is -3.87. The van der Waals surface area contributed by atoms with E-state index < -0.39 is 32.9 Å². The number of fused-ring (bicyclic) bond motifs is 2. The standard InChI is InChI=1S/C33H37N5O6S/c1-19-12-26-30(34-14-19)44-33(17-43-18-33)16-37(45(26,41)42)15-24-13-23(7-6-20(24)2)27(32(4,5)31(39)40)25-10-11-38-28(21(25)3)35-36-29(38)22-8-9-22/h6-7,10-14,22,27H,8-9,15-18H2,1-5H3,(H,39,40)/t27-/m0/s1. The average molecular weight is 632 g/mol. The molecule has 1 atom stereocenters. The molecule has 1 aliphatic carbocycles. The summed E-state index contributed by atoms with van der Waals surface area (Å²) in [7, 11) is -3.98. The number of hydrogen-bond acceptors (Lipinski definition) is 8. The highest BCUT2D eigenvalue weighted by atomic mass is 32.2. The van der Waals surface area contributed by atoms with Gasteiger partial charge in [-0.25, -0.2) is 13.4 Å². The van der Waals surface area contributed by atoms with Crippen molar-refractivity contribution in [3.05, 3.63) is 81.9 Å². The minimum absolute atomic E-state index is 0.0350. The number of aromatic nitrogens is 4. The van der Waals surface area contributed by atoms with Gasteiger partial charge in [-0.15, -0.1) is 10.2 Å². The predicted octanol–water partition coefficient (Wildman–Crippen LogP) is 4.52. The van der Waals surface area contributed by atoms with E-state index in [1.165, 1.54) is 4.31 Å². The molecule has 45 heavy (non-hydrogen) atoms.